The molecule has 0 heterocycles. The van der Waals surface area contributed by atoms with Gasteiger partial charge in [0.25, 0.3) is 11.8 Å². The highest BCUT2D eigenvalue weighted by atomic mass is 79.9. The van der Waals surface area contributed by atoms with Crippen molar-refractivity contribution in [2.24, 2.45) is 0 Å². The van der Waals surface area contributed by atoms with Crippen LogP contribution in [0.4, 0.5) is 0 Å². The standard InChI is InChI=1S/C20H19BrN2O3/c21-17-10-5-9-16(14-17)19(25)23-18(20(26)22-12-13-24)11-4-8-15-6-2-1-3-7-15/h1-11,14,24H,12-13H2,(H,22,26)(H,23,25). The van der Waals surface area contributed by atoms with Gasteiger partial charge in [-0.15, -0.1) is 0 Å². The van der Waals surface area contributed by atoms with Gasteiger partial charge in [-0.2, -0.15) is 0 Å². The average Bonchev–Trinajstić information content (AvgIpc) is 2.66. The third-order valence-corrected chi connectivity index (χ3v) is 3.82. The summed E-state index contributed by atoms with van der Waals surface area (Å²) >= 11 is 3.31. The Kier molecular flexibility index (Phi) is 7.79. The molecule has 2 amide bonds. The van der Waals surface area contributed by atoms with Crippen LogP contribution >= 0.6 is 15.9 Å². The molecular formula is C20H19BrN2O3. The molecule has 3 N–H and O–H groups in total. The minimum atomic E-state index is -0.472. The van der Waals surface area contributed by atoms with Crippen LogP contribution in [0.2, 0.25) is 0 Å². The number of hydrogen-bond acceptors (Lipinski definition) is 3. The fourth-order valence-electron chi connectivity index (χ4n) is 2.08. The number of aliphatic hydroxyl groups is 1. The van der Waals surface area contributed by atoms with Gasteiger partial charge in [0.05, 0.1) is 6.61 Å². The molecule has 0 aliphatic heterocycles. The molecule has 2 rings (SSSR count). The van der Waals surface area contributed by atoms with E-state index in [4.69, 9.17) is 5.11 Å². The lowest BCUT2D eigenvalue weighted by Crippen LogP contribution is -2.36. The molecule has 0 unspecified atom stereocenters. The first-order chi connectivity index (χ1) is 12.6. The van der Waals surface area contributed by atoms with Gasteiger partial charge < -0.3 is 15.7 Å². The monoisotopic (exact) mass is 414 g/mol. The maximum absolute atomic E-state index is 12.4. The van der Waals surface area contributed by atoms with Crippen LogP contribution in [0.3, 0.4) is 0 Å². The molecule has 0 saturated heterocycles. The summed E-state index contributed by atoms with van der Waals surface area (Å²) < 4.78 is 0.768. The van der Waals surface area contributed by atoms with Crippen molar-refractivity contribution >= 4 is 33.8 Å². The lowest BCUT2D eigenvalue weighted by atomic mass is 10.2. The van der Waals surface area contributed by atoms with Gasteiger partial charge in [0, 0.05) is 16.6 Å². The summed E-state index contributed by atoms with van der Waals surface area (Å²) in [6.45, 7) is -0.0796. The van der Waals surface area contributed by atoms with Crippen LogP contribution in [0.5, 0.6) is 0 Å². The predicted molar refractivity (Wildman–Crippen MR) is 105 cm³/mol. The van der Waals surface area contributed by atoms with E-state index < -0.39 is 11.8 Å². The van der Waals surface area contributed by atoms with Gasteiger partial charge >= 0.3 is 0 Å². The first-order valence-electron chi connectivity index (χ1n) is 7.99. The summed E-state index contributed by atoms with van der Waals surface area (Å²) in [6, 6.07) is 16.5. The number of rotatable bonds is 7. The Morgan fingerprint density at radius 1 is 1.08 bits per heavy atom. The fraction of sp³-hybridized carbons (Fsp3) is 0.100. The van der Waals surface area contributed by atoms with Crippen molar-refractivity contribution in [2.45, 2.75) is 0 Å². The van der Waals surface area contributed by atoms with E-state index in [2.05, 4.69) is 26.6 Å². The highest BCUT2D eigenvalue weighted by Crippen LogP contribution is 2.12. The minimum Gasteiger partial charge on any atom is -0.395 e. The van der Waals surface area contributed by atoms with E-state index >= 15 is 0 Å². The quantitative estimate of drug-likeness (QED) is 0.481. The number of allylic oxidation sites excluding steroid dienone is 2. The molecule has 0 aliphatic rings. The molecule has 0 aromatic heterocycles. The van der Waals surface area contributed by atoms with Crippen molar-refractivity contribution in [1.82, 2.24) is 10.6 Å². The smallest absolute Gasteiger partial charge is 0.267 e. The topological polar surface area (TPSA) is 78.4 Å². The van der Waals surface area contributed by atoms with Crippen LogP contribution in [-0.2, 0) is 4.79 Å². The van der Waals surface area contributed by atoms with E-state index in [0.29, 0.717) is 5.56 Å². The number of halogens is 1. The van der Waals surface area contributed by atoms with Gasteiger partial charge in [-0.05, 0) is 29.8 Å². The van der Waals surface area contributed by atoms with Crippen molar-refractivity contribution in [3.63, 3.8) is 0 Å². The zero-order valence-electron chi connectivity index (χ0n) is 14.0. The Morgan fingerprint density at radius 2 is 1.85 bits per heavy atom. The van der Waals surface area contributed by atoms with Gasteiger partial charge in [0.1, 0.15) is 5.70 Å². The fourth-order valence-corrected chi connectivity index (χ4v) is 2.48. The van der Waals surface area contributed by atoms with E-state index in [-0.39, 0.29) is 18.8 Å². The summed E-state index contributed by atoms with van der Waals surface area (Å²) in [7, 11) is 0. The average molecular weight is 415 g/mol. The summed E-state index contributed by atoms with van der Waals surface area (Å²) in [5, 5.41) is 14.0. The zero-order valence-corrected chi connectivity index (χ0v) is 15.6. The van der Waals surface area contributed by atoms with Crippen LogP contribution in [0.25, 0.3) is 6.08 Å². The van der Waals surface area contributed by atoms with Crippen molar-refractivity contribution < 1.29 is 14.7 Å². The van der Waals surface area contributed by atoms with Crippen LogP contribution in [0.1, 0.15) is 15.9 Å². The van der Waals surface area contributed by atoms with Gasteiger partial charge in [-0.25, -0.2) is 0 Å². The lowest BCUT2D eigenvalue weighted by Gasteiger charge is -2.10. The summed E-state index contributed by atoms with van der Waals surface area (Å²) in [5.74, 6) is -0.870. The molecule has 6 heteroatoms. The molecular weight excluding hydrogens is 396 g/mol. The van der Waals surface area contributed by atoms with E-state index in [0.717, 1.165) is 10.0 Å². The first-order valence-corrected chi connectivity index (χ1v) is 8.79. The van der Waals surface area contributed by atoms with E-state index in [1.807, 2.05) is 42.5 Å². The highest BCUT2D eigenvalue weighted by Gasteiger charge is 2.13. The molecule has 0 spiro atoms. The summed E-state index contributed by atoms with van der Waals surface area (Å²) in [4.78, 5) is 24.6. The van der Waals surface area contributed by atoms with E-state index in [1.54, 1.807) is 24.3 Å². The minimum absolute atomic E-state index is 0.0932. The summed E-state index contributed by atoms with van der Waals surface area (Å²) in [5.41, 5.74) is 1.49. The second-order valence-corrected chi connectivity index (χ2v) is 6.21. The van der Waals surface area contributed by atoms with Gasteiger partial charge in [-0.3, -0.25) is 9.59 Å². The number of carbonyl (C=O) groups excluding carboxylic acids is 2. The molecule has 0 radical (unpaired) electrons. The zero-order chi connectivity index (χ0) is 18.8. The molecule has 0 saturated carbocycles. The molecule has 134 valence electrons. The molecule has 2 aromatic rings. The Morgan fingerprint density at radius 3 is 2.54 bits per heavy atom. The Hall–Kier alpha value is -2.70. The number of nitrogens with one attached hydrogen (secondary N) is 2. The Labute approximate surface area is 160 Å². The number of carbonyl (C=O) groups is 2. The Bertz CT molecular complexity index is 817. The van der Waals surface area contributed by atoms with Crippen LogP contribution < -0.4 is 10.6 Å². The Balaban J connectivity index is 2.17. The lowest BCUT2D eigenvalue weighted by molar-refractivity contribution is -0.117. The molecule has 0 fully saturated rings. The van der Waals surface area contributed by atoms with Crippen molar-refractivity contribution in [1.29, 1.82) is 0 Å². The number of hydrogen-bond donors (Lipinski definition) is 3. The van der Waals surface area contributed by atoms with Crippen molar-refractivity contribution in [3.05, 3.63) is 88.0 Å². The van der Waals surface area contributed by atoms with Crippen molar-refractivity contribution in [3.8, 4) is 0 Å². The van der Waals surface area contributed by atoms with Gasteiger partial charge in [0.15, 0.2) is 0 Å². The van der Waals surface area contributed by atoms with Crippen LogP contribution in [0, 0.1) is 0 Å². The second kappa shape index (κ2) is 10.3. The van der Waals surface area contributed by atoms with E-state index in [9.17, 15) is 9.59 Å². The number of aliphatic hydroxyl groups excluding tert-OH is 1. The third-order valence-electron chi connectivity index (χ3n) is 3.33. The van der Waals surface area contributed by atoms with Gasteiger partial charge in [-0.1, -0.05) is 64.5 Å². The SMILES string of the molecule is O=C(NCCO)C(=CC=Cc1ccccc1)NC(=O)c1cccc(Br)c1. The summed E-state index contributed by atoms with van der Waals surface area (Å²) in [6.07, 6.45) is 5.03. The molecule has 5 nitrogen and oxygen atoms in total. The first kappa shape index (κ1) is 19.6. The molecule has 26 heavy (non-hydrogen) atoms. The maximum Gasteiger partial charge on any atom is 0.267 e. The molecule has 0 bridgehead atoms. The van der Waals surface area contributed by atoms with Gasteiger partial charge in [0.2, 0.25) is 0 Å². The largest absolute Gasteiger partial charge is 0.395 e. The maximum atomic E-state index is 12.4. The highest BCUT2D eigenvalue weighted by molar-refractivity contribution is 9.10. The number of benzene rings is 2. The van der Waals surface area contributed by atoms with E-state index in [1.165, 1.54) is 6.08 Å². The molecule has 2 aromatic carbocycles. The molecule has 0 atom stereocenters. The second-order valence-electron chi connectivity index (χ2n) is 5.29. The molecule has 0 aliphatic carbocycles. The normalized spacial score (nSPS) is 11.4. The third kappa shape index (κ3) is 6.31. The van der Waals surface area contributed by atoms with Crippen molar-refractivity contribution in [2.75, 3.05) is 13.2 Å². The van der Waals surface area contributed by atoms with Crippen LogP contribution in [0.15, 0.2) is 76.9 Å². The number of amides is 2. The van der Waals surface area contributed by atoms with Crippen LogP contribution in [-0.4, -0.2) is 30.1 Å². The predicted octanol–water partition coefficient (Wildman–Crippen LogP) is 2.88.